The average molecular weight is 347 g/mol. The van der Waals surface area contributed by atoms with E-state index >= 15 is 0 Å². The molecular formula is C25H30O. The Balaban J connectivity index is 1.71. The van der Waals surface area contributed by atoms with E-state index in [1.165, 1.54) is 28.3 Å². The third-order valence-electron chi connectivity index (χ3n) is 5.11. The summed E-state index contributed by atoms with van der Waals surface area (Å²) in [5, 5.41) is 2.53. The normalized spacial score (nSPS) is 12.7. The van der Waals surface area contributed by atoms with Gasteiger partial charge in [-0.05, 0) is 58.2 Å². The molecule has 136 valence electrons. The first-order valence-electron chi connectivity index (χ1n) is 9.74. The van der Waals surface area contributed by atoms with Gasteiger partial charge in [-0.1, -0.05) is 82.3 Å². The number of fused-ring (bicyclic) bond motifs is 1. The average Bonchev–Trinajstić information content (AvgIpc) is 2.64. The van der Waals surface area contributed by atoms with Gasteiger partial charge in [0.05, 0.1) is 0 Å². The number of hydrogen-bond acceptors (Lipinski definition) is 1. The molecule has 1 heteroatoms. The second-order valence-electron chi connectivity index (χ2n) is 7.98. The van der Waals surface area contributed by atoms with Crippen molar-refractivity contribution in [3.63, 3.8) is 0 Å². The smallest absolute Gasteiger partial charge is 0.119 e. The molecule has 0 bridgehead atoms. The summed E-state index contributed by atoms with van der Waals surface area (Å²) < 4.78 is 6.08. The highest BCUT2D eigenvalue weighted by Crippen LogP contribution is 2.32. The van der Waals surface area contributed by atoms with E-state index in [0.29, 0.717) is 24.4 Å². The van der Waals surface area contributed by atoms with Gasteiger partial charge in [0.25, 0.3) is 0 Å². The Morgan fingerprint density at radius 1 is 0.769 bits per heavy atom. The maximum absolute atomic E-state index is 6.08. The molecule has 1 atom stereocenters. The fourth-order valence-corrected chi connectivity index (χ4v) is 3.69. The van der Waals surface area contributed by atoms with Crippen LogP contribution in [0, 0.1) is 11.8 Å². The molecule has 0 aliphatic carbocycles. The fourth-order valence-electron chi connectivity index (χ4n) is 3.69. The topological polar surface area (TPSA) is 9.23 Å². The van der Waals surface area contributed by atoms with E-state index < -0.39 is 0 Å². The Kier molecular flexibility index (Phi) is 5.98. The summed E-state index contributed by atoms with van der Waals surface area (Å²) in [4.78, 5) is 0. The lowest BCUT2D eigenvalue weighted by Gasteiger charge is -2.23. The Morgan fingerprint density at radius 3 is 2.15 bits per heavy atom. The van der Waals surface area contributed by atoms with Gasteiger partial charge in [0.1, 0.15) is 12.4 Å². The molecule has 0 spiro atoms. The molecular weight excluding hydrogens is 316 g/mol. The third kappa shape index (κ3) is 4.46. The molecule has 3 rings (SSSR count). The van der Waals surface area contributed by atoms with Crippen LogP contribution in [0.2, 0.25) is 0 Å². The minimum absolute atomic E-state index is 0.598. The monoisotopic (exact) mass is 346 g/mol. The van der Waals surface area contributed by atoms with Gasteiger partial charge in [0.2, 0.25) is 0 Å². The van der Waals surface area contributed by atoms with Crippen molar-refractivity contribution < 1.29 is 4.74 Å². The molecule has 0 aliphatic rings. The van der Waals surface area contributed by atoms with Crippen LogP contribution in [-0.2, 0) is 6.61 Å². The summed E-state index contributed by atoms with van der Waals surface area (Å²) in [6, 6.07) is 23.6. The maximum atomic E-state index is 6.08. The molecule has 0 saturated heterocycles. The molecule has 1 nitrogen and oxygen atoms in total. The zero-order valence-corrected chi connectivity index (χ0v) is 16.4. The predicted molar refractivity (Wildman–Crippen MR) is 112 cm³/mol. The van der Waals surface area contributed by atoms with Crippen molar-refractivity contribution in [1.29, 1.82) is 0 Å². The number of rotatable bonds is 7. The molecule has 0 amide bonds. The van der Waals surface area contributed by atoms with Crippen molar-refractivity contribution in [1.82, 2.24) is 0 Å². The van der Waals surface area contributed by atoms with E-state index in [4.69, 9.17) is 4.74 Å². The molecule has 3 aromatic rings. The van der Waals surface area contributed by atoms with Gasteiger partial charge in [0, 0.05) is 0 Å². The van der Waals surface area contributed by atoms with Crippen molar-refractivity contribution in [3.8, 4) is 5.75 Å². The van der Waals surface area contributed by atoms with Gasteiger partial charge < -0.3 is 4.74 Å². The maximum Gasteiger partial charge on any atom is 0.119 e. The van der Waals surface area contributed by atoms with Gasteiger partial charge in [-0.3, -0.25) is 0 Å². The first kappa shape index (κ1) is 18.5. The van der Waals surface area contributed by atoms with Crippen LogP contribution in [0.3, 0.4) is 0 Å². The fraction of sp³-hybridized carbons (Fsp3) is 0.360. The van der Waals surface area contributed by atoms with Crippen molar-refractivity contribution in [2.75, 3.05) is 0 Å². The van der Waals surface area contributed by atoms with E-state index in [1.807, 2.05) is 0 Å². The van der Waals surface area contributed by atoms with Gasteiger partial charge in [-0.2, -0.15) is 0 Å². The van der Waals surface area contributed by atoms with E-state index in [-0.39, 0.29) is 0 Å². The van der Waals surface area contributed by atoms with Crippen LogP contribution in [-0.4, -0.2) is 0 Å². The summed E-state index contributed by atoms with van der Waals surface area (Å²) in [5.41, 5.74) is 2.65. The molecule has 0 heterocycles. The number of benzene rings is 3. The van der Waals surface area contributed by atoms with E-state index in [0.717, 1.165) is 5.75 Å². The van der Waals surface area contributed by atoms with E-state index in [1.54, 1.807) is 0 Å². The SMILES string of the molecule is CC(C)CC(c1ccc(OCc2cccc3ccccc23)cc1)C(C)C. The quantitative estimate of drug-likeness (QED) is 0.439. The molecule has 0 saturated carbocycles. The summed E-state index contributed by atoms with van der Waals surface area (Å²) in [5.74, 6) is 2.92. The molecule has 1 unspecified atom stereocenters. The van der Waals surface area contributed by atoms with Gasteiger partial charge in [-0.25, -0.2) is 0 Å². The Morgan fingerprint density at radius 2 is 1.46 bits per heavy atom. The van der Waals surface area contributed by atoms with E-state index in [2.05, 4.69) is 94.4 Å². The molecule has 0 aromatic heterocycles. The van der Waals surface area contributed by atoms with Crippen LogP contribution in [0.1, 0.15) is 51.2 Å². The van der Waals surface area contributed by atoms with Crippen LogP contribution in [0.15, 0.2) is 66.7 Å². The van der Waals surface area contributed by atoms with Gasteiger partial charge in [-0.15, -0.1) is 0 Å². The molecule has 0 radical (unpaired) electrons. The van der Waals surface area contributed by atoms with Gasteiger partial charge in [0.15, 0.2) is 0 Å². The highest BCUT2D eigenvalue weighted by Gasteiger charge is 2.17. The summed E-state index contributed by atoms with van der Waals surface area (Å²) in [7, 11) is 0. The minimum Gasteiger partial charge on any atom is -0.489 e. The Labute approximate surface area is 158 Å². The highest BCUT2D eigenvalue weighted by molar-refractivity contribution is 5.85. The van der Waals surface area contributed by atoms with Crippen molar-refractivity contribution in [3.05, 3.63) is 77.9 Å². The third-order valence-corrected chi connectivity index (χ3v) is 5.11. The molecule has 26 heavy (non-hydrogen) atoms. The van der Waals surface area contributed by atoms with E-state index in [9.17, 15) is 0 Å². The highest BCUT2D eigenvalue weighted by atomic mass is 16.5. The van der Waals surface area contributed by atoms with Crippen LogP contribution in [0.4, 0.5) is 0 Å². The molecule has 0 aliphatic heterocycles. The first-order chi connectivity index (χ1) is 12.5. The Hall–Kier alpha value is -2.28. The predicted octanol–water partition coefficient (Wildman–Crippen LogP) is 7.20. The second kappa shape index (κ2) is 8.40. The van der Waals surface area contributed by atoms with Crippen LogP contribution >= 0.6 is 0 Å². The second-order valence-corrected chi connectivity index (χ2v) is 7.98. The summed E-state index contributed by atoms with van der Waals surface area (Å²) in [6.07, 6.45) is 1.23. The number of ether oxygens (including phenoxy) is 1. The zero-order valence-electron chi connectivity index (χ0n) is 16.4. The van der Waals surface area contributed by atoms with Gasteiger partial charge >= 0.3 is 0 Å². The van der Waals surface area contributed by atoms with Crippen LogP contribution in [0.25, 0.3) is 10.8 Å². The molecule has 3 aromatic carbocycles. The molecule has 0 N–H and O–H groups in total. The number of hydrogen-bond donors (Lipinski definition) is 0. The standard InChI is InChI=1S/C25H30O/c1-18(2)16-25(19(3)4)21-12-14-23(15-13-21)26-17-22-10-7-9-20-8-5-6-11-24(20)22/h5-15,18-19,25H,16-17H2,1-4H3. The summed E-state index contributed by atoms with van der Waals surface area (Å²) >= 11 is 0. The lowest BCUT2D eigenvalue weighted by Crippen LogP contribution is -2.09. The van der Waals surface area contributed by atoms with Crippen LogP contribution < -0.4 is 4.74 Å². The Bertz CT molecular complexity index is 825. The lowest BCUT2D eigenvalue weighted by atomic mass is 9.82. The zero-order chi connectivity index (χ0) is 18.5. The largest absolute Gasteiger partial charge is 0.489 e. The van der Waals surface area contributed by atoms with Crippen molar-refractivity contribution >= 4 is 10.8 Å². The minimum atomic E-state index is 0.598. The van der Waals surface area contributed by atoms with Crippen molar-refractivity contribution in [2.24, 2.45) is 11.8 Å². The van der Waals surface area contributed by atoms with Crippen molar-refractivity contribution in [2.45, 2.75) is 46.6 Å². The molecule has 0 fully saturated rings. The van der Waals surface area contributed by atoms with Crippen LogP contribution in [0.5, 0.6) is 5.75 Å². The summed E-state index contributed by atoms with van der Waals surface area (Å²) in [6.45, 7) is 9.84. The lowest BCUT2D eigenvalue weighted by molar-refractivity contribution is 0.307. The first-order valence-corrected chi connectivity index (χ1v) is 9.74.